The maximum atomic E-state index is 11.3. The fourth-order valence-corrected chi connectivity index (χ4v) is 1.83. The van der Waals surface area contributed by atoms with Crippen molar-refractivity contribution in [1.82, 2.24) is 20.4 Å². The van der Waals surface area contributed by atoms with Crippen molar-refractivity contribution in [2.24, 2.45) is 5.84 Å². The third-order valence-electron chi connectivity index (χ3n) is 3.01. The number of carbonyl (C=O) groups is 1. The molecule has 0 unspecified atom stereocenters. The molecule has 2 rings (SSSR count). The van der Waals surface area contributed by atoms with Crippen LogP contribution in [0.25, 0.3) is 0 Å². The molecule has 0 saturated heterocycles. The zero-order valence-corrected chi connectivity index (χ0v) is 11.6. The van der Waals surface area contributed by atoms with Gasteiger partial charge in [0.2, 0.25) is 0 Å². The Morgan fingerprint density at radius 1 is 1.50 bits per heavy atom. The Balaban J connectivity index is 1.95. The number of nitrogens with two attached hydrogens (primary N) is 1. The highest BCUT2D eigenvalue weighted by Crippen LogP contribution is 2.13. The van der Waals surface area contributed by atoms with Crippen LogP contribution < -0.4 is 16.2 Å². The van der Waals surface area contributed by atoms with Crippen LogP contribution in [-0.2, 0) is 6.54 Å². The van der Waals surface area contributed by atoms with E-state index in [2.05, 4.69) is 40.3 Å². The summed E-state index contributed by atoms with van der Waals surface area (Å²) in [5.74, 6) is 4.60. The number of carbonyl (C=O) groups excluding carboxylic acids is 1. The Labute approximate surface area is 117 Å². The predicted molar refractivity (Wildman–Crippen MR) is 76.1 cm³/mol. The van der Waals surface area contributed by atoms with Crippen LogP contribution in [0.3, 0.4) is 0 Å². The first-order valence-corrected chi connectivity index (χ1v) is 6.29. The van der Waals surface area contributed by atoms with Crippen molar-refractivity contribution in [3.05, 3.63) is 41.7 Å². The van der Waals surface area contributed by atoms with Gasteiger partial charge in [0.05, 0.1) is 12.7 Å². The molecule has 0 aliphatic heterocycles. The van der Waals surface area contributed by atoms with Crippen LogP contribution in [0.1, 0.15) is 16.1 Å². The third-order valence-corrected chi connectivity index (χ3v) is 3.01. The van der Waals surface area contributed by atoms with Gasteiger partial charge in [0, 0.05) is 19.3 Å². The zero-order valence-electron chi connectivity index (χ0n) is 11.6. The van der Waals surface area contributed by atoms with E-state index < -0.39 is 5.91 Å². The van der Waals surface area contributed by atoms with Crippen LogP contribution in [0, 0.1) is 6.92 Å². The molecule has 3 N–H and O–H groups in total. The number of nitrogen functional groups attached to an aromatic ring is 1. The molecule has 0 saturated carbocycles. The molecule has 0 spiro atoms. The van der Waals surface area contributed by atoms with Crippen molar-refractivity contribution >= 4 is 11.6 Å². The van der Waals surface area contributed by atoms with Gasteiger partial charge in [-0.1, -0.05) is 17.3 Å². The van der Waals surface area contributed by atoms with Gasteiger partial charge in [-0.05, 0) is 24.6 Å². The monoisotopic (exact) mass is 274 g/mol. The van der Waals surface area contributed by atoms with E-state index in [-0.39, 0.29) is 5.69 Å². The minimum Gasteiger partial charge on any atom is -0.373 e. The minimum atomic E-state index is -0.441. The van der Waals surface area contributed by atoms with E-state index in [1.54, 1.807) is 10.9 Å². The highest BCUT2D eigenvalue weighted by molar-refractivity contribution is 5.91. The van der Waals surface area contributed by atoms with Crippen molar-refractivity contribution in [2.45, 2.75) is 13.5 Å². The van der Waals surface area contributed by atoms with Gasteiger partial charge in [0.15, 0.2) is 5.69 Å². The van der Waals surface area contributed by atoms with Crippen LogP contribution in [0.5, 0.6) is 0 Å². The number of amides is 1. The van der Waals surface area contributed by atoms with E-state index in [4.69, 9.17) is 5.84 Å². The van der Waals surface area contributed by atoms with E-state index in [0.29, 0.717) is 6.54 Å². The lowest BCUT2D eigenvalue weighted by Crippen LogP contribution is -2.30. The van der Waals surface area contributed by atoms with E-state index >= 15 is 0 Å². The Hall–Kier alpha value is -2.41. The highest BCUT2D eigenvalue weighted by atomic mass is 16.2. The molecule has 1 heterocycles. The fourth-order valence-electron chi connectivity index (χ4n) is 1.83. The molecule has 1 amide bonds. The molecule has 7 heteroatoms. The first kappa shape index (κ1) is 14.0. The van der Waals surface area contributed by atoms with Gasteiger partial charge in [-0.15, -0.1) is 5.10 Å². The van der Waals surface area contributed by atoms with Gasteiger partial charge in [-0.2, -0.15) is 0 Å². The van der Waals surface area contributed by atoms with Crippen molar-refractivity contribution < 1.29 is 4.79 Å². The number of hydrazine groups is 1. The second-order valence-electron chi connectivity index (χ2n) is 4.60. The normalized spacial score (nSPS) is 10.3. The molecule has 0 aliphatic carbocycles. The summed E-state index contributed by atoms with van der Waals surface area (Å²) in [6.45, 7) is 3.46. The number of nitrogens with one attached hydrogen (secondary N) is 1. The fraction of sp³-hybridized carbons (Fsp3) is 0.308. The Morgan fingerprint density at radius 3 is 3.00 bits per heavy atom. The van der Waals surface area contributed by atoms with Crippen LogP contribution >= 0.6 is 0 Å². The van der Waals surface area contributed by atoms with Crippen LogP contribution in [0.15, 0.2) is 30.5 Å². The molecule has 7 nitrogen and oxygen atoms in total. The van der Waals surface area contributed by atoms with Gasteiger partial charge >= 0.3 is 0 Å². The molecule has 0 aliphatic rings. The molecule has 0 fully saturated rings. The number of likely N-dealkylation sites (N-methyl/N-ethyl adjacent to an activating group) is 1. The lowest BCUT2D eigenvalue weighted by molar-refractivity contribution is 0.0948. The van der Waals surface area contributed by atoms with E-state index in [0.717, 1.165) is 12.2 Å². The summed E-state index contributed by atoms with van der Waals surface area (Å²) >= 11 is 0. The first-order chi connectivity index (χ1) is 9.60. The van der Waals surface area contributed by atoms with Gasteiger partial charge in [-0.3, -0.25) is 10.2 Å². The molecule has 0 radical (unpaired) electrons. The molecule has 106 valence electrons. The highest BCUT2D eigenvalue weighted by Gasteiger charge is 2.09. The van der Waals surface area contributed by atoms with Crippen molar-refractivity contribution in [3.8, 4) is 0 Å². The number of nitrogens with zero attached hydrogens (tertiary/aromatic N) is 4. The number of aryl methyl sites for hydroxylation is 1. The molecular formula is C13H18N6O. The topological polar surface area (TPSA) is 89.1 Å². The number of aromatic nitrogens is 3. The van der Waals surface area contributed by atoms with Gasteiger partial charge in [-0.25, -0.2) is 10.5 Å². The van der Waals surface area contributed by atoms with Gasteiger partial charge < -0.3 is 4.90 Å². The quantitative estimate of drug-likeness (QED) is 0.466. The summed E-state index contributed by atoms with van der Waals surface area (Å²) in [5.41, 5.74) is 4.60. The maximum Gasteiger partial charge on any atom is 0.287 e. The average Bonchev–Trinajstić information content (AvgIpc) is 2.92. The summed E-state index contributed by atoms with van der Waals surface area (Å²) in [6.07, 6.45) is 1.58. The zero-order chi connectivity index (χ0) is 14.5. The summed E-state index contributed by atoms with van der Waals surface area (Å²) in [5, 5.41) is 7.65. The predicted octanol–water partition coefficient (Wildman–Crippen LogP) is 0.326. The Kier molecular flexibility index (Phi) is 4.31. The largest absolute Gasteiger partial charge is 0.373 e. The SMILES string of the molecule is Cc1cccc(N(C)CCn2cc(C(=O)NN)nn2)c1. The van der Waals surface area contributed by atoms with Crippen LogP contribution in [-0.4, -0.2) is 34.5 Å². The van der Waals surface area contributed by atoms with Gasteiger partial charge in [0.1, 0.15) is 0 Å². The summed E-state index contributed by atoms with van der Waals surface area (Å²) in [7, 11) is 2.01. The third kappa shape index (κ3) is 3.33. The lowest BCUT2D eigenvalue weighted by atomic mass is 10.2. The smallest absolute Gasteiger partial charge is 0.287 e. The van der Waals surface area contributed by atoms with Crippen LogP contribution in [0.4, 0.5) is 5.69 Å². The average molecular weight is 274 g/mol. The first-order valence-electron chi connectivity index (χ1n) is 6.29. The second kappa shape index (κ2) is 6.16. The summed E-state index contributed by atoms with van der Waals surface area (Å²) < 4.78 is 1.62. The molecule has 0 atom stereocenters. The van der Waals surface area contributed by atoms with Crippen molar-refractivity contribution in [2.75, 3.05) is 18.5 Å². The molecule has 0 bridgehead atoms. The maximum absolute atomic E-state index is 11.3. The van der Waals surface area contributed by atoms with Gasteiger partial charge in [0.25, 0.3) is 5.91 Å². The van der Waals surface area contributed by atoms with Crippen LogP contribution in [0.2, 0.25) is 0 Å². The number of anilines is 1. The molecule has 1 aromatic carbocycles. The number of benzene rings is 1. The van der Waals surface area contributed by atoms with E-state index in [1.165, 1.54) is 5.56 Å². The molecule has 20 heavy (non-hydrogen) atoms. The number of rotatable bonds is 5. The number of hydrogen-bond donors (Lipinski definition) is 2. The van der Waals surface area contributed by atoms with Crippen molar-refractivity contribution in [3.63, 3.8) is 0 Å². The molecule has 1 aromatic heterocycles. The lowest BCUT2D eigenvalue weighted by Gasteiger charge is -2.19. The summed E-state index contributed by atoms with van der Waals surface area (Å²) in [4.78, 5) is 13.4. The van der Waals surface area contributed by atoms with Crippen molar-refractivity contribution in [1.29, 1.82) is 0 Å². The Bertz CT molecular complexity index is 594. The van der Waals surface area contributed by atoms with E-state index in [9.17, 15) is 4.79 Å². The minimum absolute atomic E-state index is 0.214. The Morgan fingerprint density at radius 2 is 2.30 bits per heavy atom. The second-order valence-corrected chi connectivity index (χ2v) is 4.60. The standard InChI is InChI=1S/C13H18N6O/c1-10-4-3-5-11(8-10)18(2)6-7-19-9-12(16-17-19)13(20)15-14/h3-5,8-9H,6-7,14H2,1-2H3,(H,15,20). The molecule has 2 aromatic rings. The number of hydrogen-bond acceptors (Lipinski definition) is 5. The van der Waals surface area contributed by atoms with E-state index in [1.807, 2.05) is 18.5 Å². The molecular weight excluding hydrogens is 256 g/mol. The summed E-state index contributed by atoms with van der Waals surface area (Å²) in [6, 6.07) is 8.27.